The molecular formula is C9H17N3. The number of aromatic amines is 1. The average Bonchev–Trinajstić information content (AvgIpc) is 2.31. The van der Waals surface area contributed by atoms with Crippen LogP contribution in [0.3, 0.4) is 0 Å². The van der Waals surface area contributed by atoms with Gasteiger partial charge in [0.05, 0.1) is 5.69 Å². The lowest BCUT2D eigenvalue weighted by Crippen LogP contribution is -1.99. The third-order valence-electron chi connectivity index (χ3n) is 1.97. The molecule has 0 fully saturated rings. The van der Waals surface area contributed by atoms with Crippen LogP contribution < -0.4 is 5.73 Å². The van der Waals surface area contributed by atoms with Crippen molar-refractivity contribution >= 4 is 0 Å². The number of unbranched alkanes of at least 4 members (excludes halogenated alkanes) is 1. The van der Waals surface area contributed by atoms with Crippen LogP contribution in [0.15, 0.2) is 0 Å². The quantitative estimate of drug-likeness (QED) is 0.664. The van der Waals surface area contributed by atoms with Crippen LogP contribution in [0.25, 0.3) is 0 Å². The van der Waals surface area contributed by atoms with Gasteiger partial charge in [-0.3, -0.25) is 0 Å². The minimum atomic E-state index is 0.780. The normalized spacial score (nSPS) is 10.6. The van der Waals surface area contributed by atoms with Gasteiger partial charge < -0.3 is 10.7 Å². The molecule has 12 heavy (non-hydrogen) atoms. The van der Waals surface area contributed by atoms with Crippen LogP contribution in [-0.4, -0.2) is 16.5 Å². The molecular weight excluding hydrogens is 150 g/mol. The molecule has 0 aliphatic rings. The maximum absolute atomic E-state index is 5.41. The first-order valence-corrected chi connectivity index (χ1v) is 4.46. The Labute approximate surface area is 73.4 Å². The van der Waals surface area contributed by atoms with E-state index >= 15 is 0 Å². The van der Waals surface area contributed by atoms with Gasteiger partial charge in [-0.15, -0.1) is 0 Å². The van der Waals surface area contributed by atoms with Gasteiger partial charge in [0.1, 0.15) is 5.82 Å². The van der Waals surface area contributed by atoms with Crippen LogP contribution in [-0.2, 0) is 6.42 Å². The Bertz CT molecular complexity index is 240. The first-order valence-electron chi connectivity index (χ1n) is 4.46. The molecule has 3 N–H and O–H groups in total. The van der Waals surface area contributed by atoms with Gasteiger partial charge in [0, 0.05) is 5.69 Å². The summed E-state index contributed by atoms with van der Waals surface area (Å²) in [4.78, 5) is 7.58. The van der Waals surface area contributed by atoms with Crippen LogP contribution in [0.5, 0.6) is 0 Å². The van der Waals surface area contributed by atoms with Crippen LogP contribution in [0, 0.1) is 13.8 Å². The highest BCUT2D eigenvalue weighted by Gasteiger charge is 2.02. The number of hydrogen-bond acceptors (Lipinski definition) is 2. The number of H-pyrrole nitrogens is 1. The topological polar surface area (TPSA) is 54.7 Å². The van der Waals surface area contributed by atoms with E-state index in [1.54, 1.807) is 0 Å². The summed E-state index contributed by atoms with van der Waals surface area (Å²) in [6, 6.07) is 0. The summed E-state index contributed by atoms with van der Waals surface area (Å²) in [6.07, 6.45) is 3.28. The fourth-order valence-corrected chi connectivity index (χ4v) is 1.34. The van der Waals surface area contributed by atoms with Crippen LogP contribution >= 0.6 is 0 Å². The summed E-state index contributed by atoms with van der Waals surface area (Å²) >= 11 is 0. The van der Waals surface area contributed by atoms with Gasteiger partial charge in [-0.1, -0.05) is 0 Å². The molecule has 0 aliphatic heterocycles. The summed E-state index contributed by atoms with van der Waals surface area (Å²) in [6.45, 7) is 4.83. The van der Waals surface area contributed by atoms with E-state index in [-0.39, 0.29) is 0 Å². The van der Waals surface area contributed by atoms with E-state index in [0.29, 0.717) is 0 Å². The average molecular weight is 167 g/mol. The Morgan fingerprint density at radius 3 is 2.58 bits per heavy atom. The highest BCUT2D eigenvalue weighted by molar-refractivity contribution is 5.12. The second-order valence-electron chi connectivity index (χ2n) is 3.14. The molecule has 1 aromatic rings. The first-order chi connectivity index (χ1) is 5.74. The number of aryl methyl sites for hydroxylation is 3. The molecule has 0 aromatic carbocycles. The molecule has 0 aliphatic carbocycles. The Morgan fingerprint density at radius 1 is 1.33 bits per heavy atom. The van der Waals surface area contributed by atoms with Gasteiger partial charge >= 0.3 is 0 Å². The molecule has 68 valence electrons. The minimum absolute atomic E-state index is 0.780. The number of hydrogen-bond donors (Lipinski definition) is 2. The lowest BCUT2D eigenvalue weighted by Gasteiger charge is -1.96. The smallest absolute Gasteiger partial charge is 0.103 e. The van der Waals surface area contributed by atoms with Crippen molar-refractivity contribution in [2.24, 2.45) is 5.73 Å². The lowest BCUT2D eigenvalue weighted by atomic mass is 10.2. The van der Waals surface area contributed by atoms with Crippen molar-refractivity contribution < 1.29 is 0 Å². The van der Waals surface area contributed by atoms with Gasteiger partial charge in [-0.05, 0) is 39.7 Å². The molecule has 3 heteroatoms. The van der Waals surface area contributed by atoms with E-state index in [4.69, 9.17) is 5.73 Å². The largest absolute Gasteiger partial charge is 0.346 e. The van der Waals surface area contributed by atoms with E-state index in [2.05, 4.69) is 16.9 Å². The standard InChI is InChI=1S/C9H17N3/c1-7-9(5-3-4-6-10)12-8(2)11-7/h3-6,10H2,1-2H3,(H,11,12). The lowest BCUT2D eigenvalue weighted by molar-refractivity contribution is 0.731. The third-order valence-corrected chi connectivity index (χ3v) is 1.97. The van der Waals surface area contributed by atoms with Gasteiger partial charge in [0.25, 0.3) is 0 Å². The van der Waals surface area contributed by atoms with E-state index < -0.39 is 0 Å². The van der Waals surface area contributed by atoms with Crippen molar-refractivity contribution in [2.45, 2.75) is 33.1 Å². The van der Waals surface area contributed by atoms with Gasteiger partial charge in [-0.25, -0.2) is 4.98 Å². The number of nitrogens with two attached hydrogens (primary N) is 1. The minimum Gasteiger partial charge on any atom is -0.346 e. The second-order valence-corrected chi connectivity index (χ2v) is 3.14. The number of aromatic nitrogens is 2. The molecule has 1 heterocycles. The van der Waals surface area contributed by atoms with Gasteiger partial charge in [0.2, 0.25) is 0 Å². The van der Waals surface area contributed by atoms with Crippen LogP contribution in [0.1, 0.15) is 30.1 Å². The number of imidazole rings is 1. The van der Waals surface area contributed by atoms with Crippen molar-refractivity contribution in [3.8, 4) is 0 Å². The van der Waals surface area contributed by atoms with Crippen molar-refractivity contribution in [3.63, 3.8) is 0 Å². The fourth-order valence-electron chi connectivity index (χ4n) is 1.34. The molecule has 1 aromatic heterocycles. The summed E-state index contributed by atoms with van der Waals surface area (Å²) in [7, 11) is 0. The zero-order chi connectivity index (χ0) is 8.97. The molecule has 3 nitrogen and oxygen atoms in total. The molecule has 0 amide bonds. The maximum atomic E-state index is 5.41. The molecule has 1 rings (SSSR count). The Hall–Kier alpha value is -0.830. The molecule has 0 bridgehead atoms. The molecule has 0 saturated carbocycles. The van der Waals surface area contributed by atoms with Crippen LogP contribution in [0.2, 0.25) is 0 Å². The van der Waals surface area contributed by atoms with E-state index in [9.17, 15) is 0 Å². The predicted molar refractivity (Wildman–Crippen MR) is 50.1 cm³/mol. The Morgan fingerprint density at radius 2 is 2.08 bits per heavy atom. The van der Waals surface area contributed by atoms with Gasteiger partial charge in [0.15, 0.2) is 0 Å². The molecule has 0 atom stereocenters. The third kappa shape index (κ3) is 2.34. The zero-order valence-corrected chi connectivity index (χ0v) is 7.85. The van der Waals surface area contributed by atoms with Crippen molar-refractivity contribution in [2.75, 3.05) is 6.54 Å². The van der Waals surface area contributed by atoms with Crippen molar-refractivity contribution in [1.29, 1.82) is 0 Å². The summed E-state index contributed by atoms with van der Waals surface area (Å²) in [5.74, 6) is 1.01. The highest BCUT2D eigenvalue weighted by Crippen LogP contribution is 2.07. The first kappa shape index (κ1) is 9.26. The molecule has 0 radical (unpaired) electrons. The predicted octanol–water partition coefficient (Wildman–Crippen LogP) is 1.31. The second kappa shape index (κ2) is 4.26. The molecule has 0 unspecified atom stereocenters. The summed E-state index contributed by atoms with van der Waals surface area (Å²) in [5, 5.41) is 0. The van der Waals surface area contributed by atoms with E-state index in [0.717, 1.165) is 31.6 Å². The zero-order valence-electron chi connectivity index (χ0n) is 7.85. The van der Waals surface area contributed by atoms with Crippen LogP contribution in [0.4, 0.5) is 0 Å². The summed E-state index contributed by atoms with van der Waals surface area (Å²) in [5.41, 5.74) is 7.80. The van der Waals surface area contributed by atoms with E-state index in [1.807, 2.05) is 6.92 Å². The Balaban J connectivity index is 2.45. The van der Waals surface area contributed by atoms with Crippen molar-refractivity contribution in [1.82, 2.24) is 9.97 Å². The monoisotopic (exact) mass is 167 g/mol. The van der Waals surface area contributed by atoms with Crippen molar-refractivity contribution in [3.05, 3.63) is 17.2 Å². The highest BCUT2D eigenvalue weighted by atomic mass is 14.9. The fraction of sp³-hybridized carbons (Fsp3) is 0.667. The van der Waals surface area contributed by atoms with Gasteiger partial charge in [-0.2, -0.15) is 0 Å². The molecule has 0 saturated heterocycles. The number of nitrogens with one attached hydrogen (secondary N) is 1. The molecule has 0 spiro atoms. The Kier molecular flexibility index (Phi) is 3.29. The SMILES string of the molecule is Cc1nc(CCCCN)c(C)[nH]1. The maximum Gasteiger partial charge on any atom is 0.103 e. The van der Waals surface area contributed by atoms with E-state index in [1.165, 1.54) is 11.4 Å². The number of rotatable bonds is 4. The summed E-state index contributed by atoms with van der Waals surface area (Å²) < 4.78 is 0. The number of nitrogens with zero attached hydrogens (tertiary/aromatic N) is 1.